The molecule has 1 atom stereocenters. The molecule has 0 aliphatic heterocycles. The van der Waals surface area contributed by atoms with E-state index in [-0.39, 0.29) is 5.25 Å². The lowest BCUT2D eigenvalue weighted by atomic mass is 10.2. The van der Waals surface area contributed by atoms with Gasteiger partial charge in [-0.3, -0.25) is 9.36 Å². The van der Waals surface area contributed by atoms with E-state index >= 15 is 0 Å². The minimum Gasteiger partial charge on any atom is -0.298 e. The van der Waals surface area contributed by atoms with Crippen LogP contribution in [0.25, 0.3) is 5.69 Å². The van der Waals surface area contributed by atoms with Crippen molar-refractivity contribution >= 4 is 29.1 Å². The molecule has 0 spiro atoms. The van der Waals surface area contributed by atoms with Crippen molar-refractivity contribution in [3.8, 4) is 5.69 Å². The highest BCUT2D eigenvalue weighted by Gasteiger charge is 2.24. The maximum Gasteiger partial charge on any atom is 0.173 e. The first kappa shape index (κ1) is 15.6. The number of Topliss-reactive ketones (excluding diaryl/α,β-unsaturated/α-hetero) is 1. The molecule has 3 rings (SSSR count). The van der Waals surface area contributed by atoms with Crippen molar-refractivity contribution in [2.75, 3.05) is 0 Å². The second kappa shape index (κ2) is 6.88. The SMILES string of the molecule is Cc1c(Cl)cccc1-n1ccnc1SC1CCCCCC1=O. The lowest BCUT2D eigenvalue weighted by molar-refractivity contribution is -0.118. The van der Waals surface area contributed by atoms with Crippen molar-refractivity contribution in [2.24, 2.45) is 0 Å². The highest BCUT2D eigenvalue weighted by molar-refractivity contribution is 8.00. The van der Waals surface area contributed by atoms with Crippen molar-refractivity contribution in [3.05, 3.63) is 41.2 Å². The van der Waals surface area contributed by atoms with E-state index in [1.165, 1.54) is 0 Å². The number of halogens is 1. The van der Waals surface area contributed by atoms with E-state index in [9.17, 15) is 4.79 Å². The Morgan fingerprint density at radius 2 is 2.18 bits per heavy atom. The van der Waals surface area contributed by atoms with Gasteiger partial charge in [-0.2, -0.15) is 0 Å². The quantitative estimate of drug-likeness (QED) is 0.754. The molecule has 1 heterocycles. The first-order chi connectivity index (χ1) is 10.7. The van der Waals surface area contributed by atoms with Crippen LogP contribution >= 0.6 is 23.4 Å². The third kappa shape index (κ3) is 3.23. The molecule has 116 valence electrons. The zero-order valence-corrected chi connectivity index (χ0v) is 14.2. The van der Waals surface area contributed by atoms with Crippen molar-refractivity contribution in [2.45, 2.75) is 49.4 Å². The summed E-state index contributed by atoms with van der Waals surface area (Å²) in [6, 6.07) is 5.86. The predicted octanol–water partition coefficient (Wildman–Crippen LogP) is 4.83. The van der Waals surface area contributed by atoms with Gasteiger partial charge in [0.15, 0.2) is 5.16 Å². The molecule has 0 radical (unpaired) electrons. The van der Waals surface area contributed by atoms with Crippen molar-refractivity contribution < 1.29 is 4.79 Å². The van der Waals surface area contributed by atoms with Crippen LogP contribution in [0.5, 0.6) is 0 Å². The fraction of sp³-hybridized carbons (Fsp3) is 0.412. The molecule has 1 saturated carbocycles. The minimum atomic E-state index is 0.0307. The summed E-state index contributed by atoms with van der Waals surface area (Å²) < 4.78 is 2.03. The molecule has 0 saturated heterocycles. The molecule has 1 aromatic carbocycles. The molecule has 0 amide bonds. The Morgan fingerprint density at radius 1 is 1.32 bits per heavy atom. The lowest BCUT2D eigenvalue weighted by Crippen LogP contribution is -2.15. The average Bonchev–Trinajstić information content (AvgIpc) is 2.86. The molecule has 3 nitrogen and oxygen atoms in total. The van der Waals surface area contributed by atoms with Crippen LogP contribution in [0.15, 0.2) is 35.7 Å². The van der Waals surface area contributed by atoms with E-state index < -0.39 is 0 Å². The number of thioether (sulfide) groups is 1. The van der Waals surface area contributed by atoms with Gasteiger partial charge in [0.2, 0.25) is 0 Å². The van der Waals surface area contributed by atoms with Crippen LogP contribution in [0.3, 0.4) is 0 Å². The Hall–Kier alpha value is -1.26. The number of imidazole rings is 1. The predicted molar refractivity (Wildman–Crippen MR) is 91.0 cm³/mol. The van der Waals surface area contributed by atoms with Gasteiger partial charge in [-0.25, -0.2) is 4.98 Å². The van der Waals surface area contributed by atoms with Crippen molar-refractivity contribution in [3.63, 3.8) is 0 Å². The van der Waals surface area contributed by atoms with Gasteiger partial charge in [-0.05, 0) is 37.5 Å². The number of aromatic nitrogens is 2. The van der Waals surface area contributed by atoms with E-state index in [2.05, 4.69) is 4.98 Å². The summed E-state index contributed by atoms with van der Waals surface area (Å²) in [6.07, 6.45) is 8.67. The summed E-state index contributed by atoms with van der Waals surface area (Å²) in [5.74, 6) is 0.361. The number of ketones is 1. The molecule has 1 aliphatic rings. The lowest BCUT2D eigenvalue weighted by Gasteiger charge is -2.15. The molecule has 1 aliphatic carbocycles. The van der Waals surface area contributed by atoms with Gasteiger partial charge < -0.3 is 0 Å². The highest BCUT2D eigenvalue weighted by atomic mass is 35.5. The Labute approximate surface area is 140 Å². The number of carbonyl (C=O) groups is 1. The van der Waals surface area contributed by atoms with Gasteiger partial charge in [0.05, 0.1) is 10.9 Å². The molecular formula is C17H19ClN2OS. The maximum atomic E-state index is 12.2. The zero-order chi connectivity index (χ0) is 15.5. The molecule has 1 unspecified atom stereocenters. The Balaban J connectivity index is 1.89. The summed E-state index contributed by atoms with van der Waals surface area (Å²) >= 11 is 7.81. The van der Waals surface area contributed by atoms with Crippen LogP contribution in [0.2, 0.25) is 5.02 Å². The number of hydrogen-bond acceptors (Lipinski definition) is 3. The first-order valence-corrected chi connectivity index (χ1v) is 8.91. The standard InChI is InChI=1S/C17H19ClN2OS/c1-12-13(18)6-5-7-14(12)20-11-10-19-17(20)22-16-9-4-2-3-8-15(16)21/h5-7,10-11,16H,2-4,8-9H2,1H3. The Bertz CT molecular complexity index is 683. The maximum absolute atomic E-state index is 12.2. The van der Waals surface area contributed by atoms with Crippen LogP contribution in [-0.2, 0) is 4.79 Å². The van der Waals surface area contributed by atoms with Crippen LogP contribution in [0, 0.1) is 6.92 Å². The van der Waals surface area contributed by atoms with Crippen molar-refractivity contribution in [1.29, 1.82) is 0 Å². The molecule has 0 bridgehead atoms. The number of hydrogen-bond donors (Lipinski definition) is 0. The largest absolute Gasteiger partial charge is 0.298 e. The van der Waals surface area contributed by atoms with E-state index in [1.807, 2.05) is 35.9 Å². The highest BCUT2D eigenvalue weighted by Crippen LogP contribution is 2.32. The average molecular weight is 335 g/mol. The van der Waals surface area contributed by atoms with E-state index in [0.717, 1.165) is 47.1 Å². The summed E-state index contributed by atoms with van der Waals surface area (Å²) in [6.45, 7) is 2.00. The monoisotopic (exact) mass is 334 g/mol. The van der Waals surface area contributed by atoms with Crippen LogP contribution in [0.1, 0.15) is 37.7 Å². The summed E-state index contributed by atoms with van der Waals surface area (Å²) in [4.78, 5) is 16.7. The third-order valence-electron chi connectivity index (χ3n) is 4.10. The fourth-order valence-electron chi connectivity index (χ4n) is 2.80. The summed E-state index contributed by atoms with van der Waals surface area (Å²) in [5, 5.41) is 1.64. The van der Waals surface area contributed by atoms with E-state index in [0.29, 0.717) is 12.2 Å². The molecule has 22 heavy (non-hydrogen) atoms. The van der Waals surface area contributed by atoms with Crippen LogP contribution in [-0.4, -0.2) is 20.6 Å². The molecule has 5 heteroatoms. The van der Waals surface area contributed by atoms with Gasteiger partial charge in [0.1, 0.15) is 5.78 Å². The number of benzene rings is 1. The molecular weight excluding hydrogens is 316 g/mol. The number of carbonyl (C=O) groups excluding carboxylic acids is 1. The Morgan fingerprint density at radius 3 is 3.05 bits per heavy atom. The topological polar surface area (TPSA) is 34.9 Å². The fourth-order valence-corrected chi connectivity index (χ4v) is 4.15. The number of nitrogens with zero attached hydrogens (tertiary/aromatic N) is 2. The van der Waals surface area contributed by atoms with Gasteiger partial charge in [-0.15, -0.1) is 0 Å². The molecule has 1 fully saturated rings. The van der Waals surface area contributed by atoms with Gasteiger partial charge >= 0.3 is 0 Å². The normalized spacial score (nSPS) is 19.2. The Kier molecular flexibility index (Phi) is 4.89. The van der Waals surface area contributed by atoms with E-state index in [4.69, 9.17) is 11.6 Å². The van der Waals surface area contributed by atoms with Crippen LogP contribution < -0.4 is 0 Å². The second-order valence-electron chi connectivity index (χ2n) is 5.64. The third-order valence-corrected chi connectivity index (χ3v) is 5.81. The second-order valence-corrected chi connectivity index (χ2v) is 7.21. The zero-order valence-electron chi connectivity index (χ0n) is 12.6. The molecule has 0 N–H and O–H groups in total. The van der Waals surface area contributed by atoms with Gasteiger partial charge in [-0.1, -0.05) is 42.3 Å². The van der Waals surface area contributed by atoms with Gasteiger partial charge in [0, 0.05) is 23.8 Å². The summed E-state index contributed by atoms with van der Waals surface area (Å²) in [5.41, 5.74) is 2.05. The van der Waals surface area contributed by atoms with Crippen molar-refractivity contribution in [1.82, 2.24) is 9.55 Å². The van der Waals surface area contributed by atoms with Gasteiger partial charge in [0.25, 0.3) is 0 Å². The molecule has 1 aromatic heterocycles. The first-order valence-electron chi connectivity index (χ1n) is 7.65. The van der Waals surface area contributed by atoms with E-state index in [1.54, 1.807) is 18.0 Å². The minimum absolute atomic E-state index is 0.0307. The smallest absolute Gasteiger partial charge is 0.173 e. The van der Waals surface area contributed by atoms with Crippen LogP contribution in [0.4, 0.5) is 0 Å². The molecule has 2 aromatic rings. The summed E-state index contributed by atoms with van der Waals surface area (Å²) in [7, 11) is 0. The number of rotatable bonds is 3.